The van der Waals surface area contributed by atoms with E-state index in [1.165, 1.54) is 19.2 Å². The molecule has 0 aromatic heterocycles. The molecular weight excluding hydrogens is 367 g/mol. The van der Waals surface area contributed by atoms with Gasteiger partial charge in [0.1, 0.15) is 5.75 Å². The molecule has 0 unspecified atom stereocenters. The molecule has 0 spiro atoms. The maximum Gasteiger partial charge on any atom is 0.439 e. The number of hydrazone groups is 1. The number of anilines is 1. The van der Waals surface area contributed by atoms with E-state index >= 15 is 0 Å². The summed E-state index contributed by atoms with van der Waals surface area (Å²) in [5, 5.41) is 16.2. The number of hydrogen-bond donors (Lipinski definition) is 2. The summed E-state index contributed by atoms with van der Waals surface area (Å²) < 4.78 is 46.0. The summed E-state index contributed by atoms with van der Waals surface area (Å²) in [4.78, 5) is 24.7. The van der Waals surface area contributed by atoms with E-state index in [9.17, 15) is 27.9 Å². The molecule has 1 heterocycles. The van der Waals surface area contributed by atoms with Crippen LogP contribution in [0.2, 0.25) is 0 Å². The van der Waals surface area contributed by atoms with Crippen LogP contribution < -0.4 is 10.1 Å². The largest absolute Gasteiger partial charge is 0.495 e. The van der Waals surface area contributed by atoms with Crippen molar-refractivity contribution in [1.82, 2.24) is 5.01 Å². The van der Waals surface area contributed by atoms with Gasteiger partial charge in [0.25, 0.3) is 5.72 Å². The molecule has 0 radical (unpaired) electrons. The van der Waals surface area contributed by atoms with Gasteiger partial charge in [0.15, 0.2) is 0 Å². The number of alkyl halides is 3. The Hall–Kier alpha value is -2.62. The number of nitrogens with one attached hydrogen (secondary N) is 1. The number of hydrogen-bond acceptors (Lipinski definition) is 5. The van der Waals surface area contributed by atoms with E-state index in [0.717, 1.165) is 0 Å². The molecule has 2 amide bonds. The molecule has 1 fully saturated rings. The van der Waals surface area contributed by atoms with Crippen molar-refractivity contribution in [1.29, 1.82) is 0 Å². The summed E-state index contributed by atoms with van der Waals surface area (Å²) in [5.41, 5.74) is -3.34. The lowest BCUT2D eigenvalue weighted by atomic mass is 9.80. The summed E-state index contributed by atoms with van der Waals surface area (Å²) in [6.45, 7) is 0. The number of carbonyl (C=O) groups excluding carboxylic acids is 2. The normalized spacial score (nSPS) is 24.9. The van der Waals surface area contributed by atoms with Gasteiger partial charge in [0.05, 0.1) is 18.7 Å². The second-order valence-corrected chi connectivity index (χ2v) is 6.38. The summed E-state index contributed by atoms with van der Waals surface area (Å²) in [5.74, 6) is -4.09. The fourth-order valence-corrected chi connectivity index (χ4v) is 3.44. The van der Waals surface area contributed by atoms with Gasteiger partial charge in [-0.15, -0.1) is 0 Å². The van der Waals surface area contributed by atoms with Crippen LogP contribution in [0.5, 0.6) is 5.75 Å². The number of nitrogens with zero attached hydrogens (tertiary/aromatic N) is 2. The number of aliphatic hydroxyl groups is 1. The molecule has 27 heavy (non-hydrogen) atoms. The number of para-hydroxylation sites is 2. The topological polar surface area (TPSA) is 91.2 Å². The lowest BCUT2D eigenvalue weighted by Crippen LogP contribution is -2.62. The van der Waals surface area contributed by atoms with E-state index < -0.39 is 29.6 Å². The second kappa shape index (κ2) is 6.84. The molecule has 1 aliphatic heterocycles. The van der Waals surface area contributed by atoms with E-state index in [1.807, 2.05) is 0 Å². The number of ether oxygens (including phenoxy) is 1. The van der Waals surface area contributed by atoms with Crippen molar-refractivity contribution in [2.45, 2.75) is 37.6 Å². The van der Waals surface area contributed by atoms with Crippen molar-refractivity contribution >= 4 is 23.2 Å². The molecule has 2 aliphatic rings. The Morgan fingerprint density at radius 2 is 2.04 bits per heavy atom. The molecule has 0 saturated heterocycles. The van der Waals surface area contributed by atoms with Gasteiger partial charge in [0.2, 0.25) is 0 Å². The third-order valence-electron chi connectivity index (χ3n) is 4.77. The SMILES string of the molecule is COc1ccccc1NC(=O)C(=O)N1N=C2CCCC[C@H]2[C@@]1(O)C(F)(F)F. The molecule has 146 valence electrons. The lowest BCUT2D eigenvalue weighted by Gasteiger charge is -2.37. The van der Waals surface area contributed by atoms with Crippen LogP contribution in [0.1, 0.15) is 25.7 Å². The van der Waals surface area contributed by atoms with Gasteiger partial charge in [-0.05, 0) is 31.4 Å². The molecule has 1 aromatic rings. The zero-order valence-electron chi connectivity index (χ0n) is 14.4. The highest BCUT2D eigenvalue weighted by Crippen LogP contribution is 2.48. The Kier molecular flexibility index (Phi) is 4.85. The van der Waals surface area contributed by atoms with Crippen LogP contribution in [0.3, 0.4) is 0 Å². The van der Waals surface area contributed by atoms with Crippen molar-refractivity contribution in [2.24, 2.45) is 11.0 Å². The van der Waals surface area contributed by atoms with Crippen molar-refractivity contribution in [3.63, 3.8) is 0 Å². The van der Waals surface area contributed by atoms with E-state index in [2.05, 4.69) is 10.4 Å². The molecule has 10 heteroatoms. The lowest BCUT2D eigenvalue weighted by molar-refractivity contribution is -0.316. The van der Waals surface area contributed by atoms with Gasteiger partial charge in [0, 0.05) is 5.71 Å². The van der Waals surface area contributed by atoms with Gasteiger partial charge in [-0.3, -0.25) is 9.59 Å². The molecule has 1 aliphatic carbocycles. The molecule has 2 atom stereocenters. The van der Waals surface area contributed by atoms with Gasteiger partial charge >= 0.3 is 18.0 Å². The summed E-state index contributed by atoms with van der Waals surface area (Å²) in [7, 11) is 1.34. The Bertz CT molecular complexity index is 796. The maximum absolute atomic E-state index is 13.7. The summed E-state index contributed by atoms with van der Waals surface area (Å²) in [6.07, 6.45) is -3.81. The third-order valence-corrected chi connectivity index (χ3v) is 4.77. The Labute approximate surface area is 152 Å². The quantitative estimate of drug-likeness (QED) is 0.764. The van der Waals surface area contributed by atoms with Crippen LogP contribution >= 0.6 is 0 Å². The van der Waals surface area contributed by atoms with Gasteiger partial charge in [-0.1, -0.05) is 18.6 Å². The minimum absolute atomic E-state index is 0.0345. The second-order valence-electron chi connectivity index (χ2n) is 6.38. The third kappa shape index (κ3) is 3.14. The predicted octanol–water partition coefficient (Wildman–Crippen LogP) is 2.27. The highest BCUT2D eigenvalue weighted by molar-refractivity contribution is 6.40. The monoisotopic (exact) mass is 385 g/mol. The summed E-state index contributed by atoms with van der Waals surface area (Å²) >= 11 is 0. The molecular formula is C17H18F3N3O4. The van der Waals surface area contributed by atoms with Crippen LogP contribution in [-0.4, -0.2) is 46.7 Å². The molecule has 7 nitrogen and oxygen atoms in total. The Balaban J connectivity index is 1.89. The average molecular weight is 385 g/mol. The van der Waals surface area contributed by atoms with Crippen LogP contribution in [0.15, 0.2) is 29.4 Å². The number of carbonyl (C=O) groups is 2. The maximum atomic E-state index is 13.7. The van der Waals surface area contributed by atoms with Crippen LogP contribution in [0.25, 0.3) is 0 Å². The van der Waals surface area contributed by atoms with Crippen molar-refractivity contribution in [2.75, 3.05) is 12.4 Å². The minimum atomic E-state index is -5.17. The van der Waals surface area contributed by atoms with E-state index in [4.69, 9.17) is 4.74 Å². The molecule has 2 N–H and O–H groups in total. The standard InChI is InChI=1S/C17H18F3N3O4/c1-27-13-9-5-4-8-12(13)21-14(24)15(25)23-16(26,17(18,19)20)10-6-2-3-7-11(10)22-23/h4-5,8-10,26H,2-3,6-7H2,1H3,(H,21,24)/t10-,16-/m1/s1. The van der Waals surface area contributed by atoms with Crippen LogP contribution in [0, 0.1) is 5.92 Å². The van der Waals surface area contributed by atoms with Crippen molar-refractivity contribution in [3.05, 3.63) is 24.3 Å². The zero-order chi connectivity index (χ0) is 19.8. The minimum Gasteiger partial charge on any atom is -0.495 e. The van der Waals surface area contributed by atoms with Gasteiger partial charge < -0.3 is 15.2 Å². The van der Waals surface area contributed by atoms with Crippen molar-refractivity contribution < 1.29 is 32.6 Å². The fourth-order valence-electron chi connectivity index (χ4n) is 3.44. The first kappa shape index (κ1) is 19.2. The first-order chi connectivity index (χ1) is 12.7. The fraction of sp³-hybridized carbons (Fsp3) is 0.471. The highest BCUT2D eigenvalue weighted by atomic mass is 19.4. The number of amides is 2. The average Bonchev–Trinajstić information content (AvgIpc) is 2.95. The van der Waals surface area contributed by atoms with E-state index in [-0.39, 0.29) is 35.0 Å². The first-order valence-electron chi connectivity index (χ1n) is 8.35. The number of rotatable bonds is 2. The van der Waals surface area contributed by atoms with Gasteiger partial charge in [-0.25, -0.2) is 0 Å². The Morgan fingerprint density at radius 1 is 1.33 bits per heavy atom. The molecule has 1 saturated carbocycles. The molecule has 0 bridgehead atoms. The highest BCUT2D eigenvalue weighted by Gasteiger charge is 2.69. The number of fused-ring (bicyclic) bond motifs is 1. The van der Waals surface area contributed by atoms with Crippen LogP contribution in [0.4, 0.5) is 18.9 Å². The summed E-state index contributed by atoms with van der Waals surface area (Å²) in [6, 6.07) is 6.11. The smallest absolute Gasteiger partial charge is 0.439 e. The van der Waals surface area contributed by atoms with E-state index in [0.29, 0.717) is 12.8 Å². The zero-order valence-corrected chi connectivity index (χ0v) is 14.4. The number of halogens is 3. The molecule has 1 aromatic carbocycles. The van der Waals surface area contributed by atoms with Crippen LogP contribution in [-0.2, 0) is 9.59 Å². The van der Waals surface area contributed by atoms with Gasteiger partial charge in [-0.2, -0.15) is 23.3 Å². The predicted molar refractivity (Wildman–Crippen MR) is 88.9 cm³/mol. The number of benzene rings is 1. The Morgan fingerprint density at radius 3 is 2.70 bits per heavy atom. The van der Waals surface area contributed by atoms with Crippen molar-refractivity contribution in [3.8, 4) is 5.75 Å². The molecule has 3 rings (SSSR count). The number of methoxy groups -OCH3 is 1. The first-order valence-corrected chi connectivity index (χ1v) is 8.35. The van der Waals surface area contributed by atoms with E-state index in [1.54, 1.807) is 12.1 Å².